The van der Waals surface area contributed by atoms with Gasteiger partial charge in [0.15, 0.2) is 0 Å². The molecule has 15 heteroatoms. The van der Waals surface area contributed by atoms with Gasteiger partial charge < -0.3 is 29.7 Å². The molecular formula is C44H51N5O9S. The summed E-state index contributed by atoms with van der Waals surface area (Å²) in [5.41, 5.74) is 1.36. The zero-order chi connectivity index (χ0) is 41.3. The maximum atomic E-state index is 14.9. The first-order valence-electron chi connectivity index (χ1n) is 20.7. The van der Waals surface area contributed by atoms with Gasteiger partial charge >= 0.3 is 6.09 Å². The van der Waals surface area contributed by atoms with E-state index in [0.717, 1.165) is 30.4 Å². The smallest absolute Gasteiger partial charge is 0.407 e. The number of benzene rings is 2. The highest BCUT2D eigenvalue weighted by molar-refractivity contribution is 7.91. The summed E-state index contributed by atoms with van der Waals surface area (Å²) in [6.07, 6.45) is 10.5. The number of hydrogen-bond acceptors (Lipinski definition) is 10. The number of sulfonamides is 1. The van der Waals surface area contributed by atoms with Crippen molar-refractivity contribution in [1.82, 2.24) is 25.2 Å². The number of amides is 4. The van der Waals surface area contributed by atoms with Gasteiger partial charge in [-0.2, -0.15) is 0 Å². The number of aromatic nitrogens is 1. The van der Waals surface area contributed by atoms with E-state index in [0.29, 0.717) is 66.6 Å². The first-order chi connectivity index (χ1) is 28.5. The van der Waals surface area contributed by atoms with Gasteiger partial charge in [-0.25, -0.2) is 18.2 Å². The number of cyclic esters (lactones) is 1. The van der Waals surface area contributed by atoms with Crippen LogP contribution >= 0.6 is 0 Å². The topological polar surface area (TPSA) is 182 Å². The Bertz CT molecular complexity index is 2270. The van der Waals surface area contributed by atoms with Crippen molar-refractivity contribution < 1.29 is 41.8 Å². The highest BCUT2D eigenvalue weighted by atomic mass is 32.2. The van der Waals surface area contributed by atoms with Crippen LogP contribution in [-0.4, -0.2) is 91.4 Å². The minimum atomic E-state index is -3.91. The van der Waals surface area contributed by atoms with E-state index in [1.165, 1.54) is 11.0 Å². The number of carbonyl (C=O) groups excluding carboxylic acids is 4. The molecule has 4 bridgehead atoms. The van der Waals surface area contributed by atoms with Crippen LogP contribution in [-0.2, 0) is 29.1 Å². The third kappa shape index (κ3) is 8.52. The number of pyridine rings is 1. The fraction of sp³-hybridized carbons (Fsp3) is 0.477. The van der Waals surface area contributed by atoms with Gasteiger partial charge in [-0.1, -0.05) is 67.8 Å². The Hall–Kier alpha value is -5.44. The van der Waals surface area contributed by atoms with Gasteiger partial charge in [0.2, 0.25) is 21.8 Å². The van der Waals surface area contributed by atoms with Crippen molar-refractivity contribution in [3.8, 4) is 22.8 Å². The lowest BCUT2D eigenvalue weighted by atomic mass is 9.83. The van der Waals surface area contributed by atoms with E-state index >= 15 is 0 Å². The van der Waals surface area contributed by atoms with Crippen LogP contribution in [0.2, 0.25) is 0 Å². The summed E-state index contributed by atoms with van der Waals surface area (Å²) in [5.74, 6) is -1.53. The van der Waals surface area contributed by atoms with Crippen LogP contribution in [0.1, 0.15) is 76.2 Å². The lowest BCUT2D eigenvalue weighted by Gasteiger charge is -2.34. The number of nitrogens with zero attached hydrogens (tertiary/aromatic N) is 2. The second-order valence-corrected chi connectivity index (χ2v) is 18.3. The van der Waals surface area contributed by atoms with E-state index in [1.807, 2.05) is 60.7 Å². The number of allylic oxidation sites excluding steroid dienone is 1. The van der Waals surface area contributed by atoms with Crippen molar-refractivity contribution in [3.05, 3.63) is 72.8 Å². The Kier molecular flexibility index (Phi) is 11.4. The molecule has 14 nitrogen and oxygen atoms in total. The first kappa shape index (κ1) is 40.3. The summed E-state index contributed by atoms with van der Waals surface area (Å²) < 4.78 is 46.1. The molecule has 4 amide bonds. The molecule has 4 fully saturated rings. The van der Waals surface area contributed by atoms with Gasteiger partial charge in [0.25, 0.3) is 5.91 Å². The SMILES string of the molecule is C=C[C@@H]1C[C@]1(NC(=O)[C@@H]1C[C@@H]2CN1C(=O)[C@H](C1CCCCC1)NC(=O)OCCC/C=C\c1cc3c(cc(-c4ccccc4)nc3cc1OC)O2)C(=O)NS(=O)(=O)C1CC1. The standard InChI is InChI=1S/C44H51N5O9S/c1-3-30-25-44(30,42(52)48-59(54,55)32-18-19-32)47-40(50)36-22-31-26-49(36)41(51)39(28-15-9-5-10-16-28)46-43(53)57-20-12-6-11-17-29-21-33-35(24-37(29)56-2)45-34(23-38(33)58-31)27-13-7-4-8-14-27/h3-4,7-8,11,13-14,17,21,23-24,28,30-32,36,39H,1,5-6,9-10,12,15-16,18-20,22,25-26H2,2H3,(H,46,53)(H,47,50)(H,48,52)/b17-11-/t30-,31-,36+,39+,44-/m1/s1. The van der Waals surface area contributed by atoms with Crippen molar-refractivity contribution in [2.75, 3.05) is 20.3 Å². The van der Waals surface area contributed by atoms with Crippen molar-refractivity contribution in [2.45, 2.75) is 99.6 Å². The fourth-order valence-corrected chi connectivity index (χ4v) is 10.1. The summed E-state index contributed by atoms with van der Waals surface area (Å²) in [6, 6.07) is 13.2. The van der Waals surface area contributed by atoms with Gasteiger partial charge in [0.05, 0.1) is 36.7 Å². The van der Waals surface area contributed by atoms with Crippen LogP contribution in [0.5, 0.6) is 11.5 Å². The molecule has 1 aromatic heterocycles. The summed E-state index contributed by atoms with van der Waals surface area (Å²) >= 11 is 0. The number of nitrogens with one attached hydrogen (secondary N) is 3. The maximum absolute atomic E-state index is 14.9. The van der Waals surface area contributed by atoms with Gasteiger partial charge in [0.1, 0.15) is 35.2 Å². The van der Waals surface area contributed by atoms with Crippen molar-refractivity contribution in [1.29, 1.82) is 0 Å². The molecule has 8 rings (SSSR count). The van der Waals surface area contributed by atoms with Gasteiger partial charge in [-0.05, 0) is 56.9 Å². The quantitative estimate of drug-likeness (QED) is 0.236. The van der Waals surface area contributed by atoms with Gasteiger partial charge in [0, 0.05) is 41.0 Å². The maximum Gasteiger partial charge on any atom is 0.407 e. The molecule has 3 aliphatic carbocycles. The Labute approximate surface area is 344 Å². The Balaban J connectivity index is 1.18. The summed E-state index contributed by atoms with van der Waals surface area (Å²) in [7, 11) is -2.32. The lowest BCUT2D eigenvalue weighted by Crippen LogP contribution is -2.59. The minimum Gasteiger partial charge on any atom is -0.496 e. The zero-order valence-corrected chi connectivity index (χ0v) is 34.0. The fourth-order valence-electron chi connectivity index (χ4n) is 8.75. The average Bonchev–Trinajstić information content (AvgIpc) is 4.17. The zero-order valence-electron chi connectivity index (χ0n) is 33.2. The van der Waals surface area contributed by atoms with Crippen LogP contribution in [0, 0.1) is 11.8 Å². The van der Waals surface area contributed by atoms with Gasteiger partial charge in [-0.15, -0.1) is 6.58 Å². The van der Waals surface area contributed by atoms with Crippen LogP contribution in [0.4, 0.5) is 4.79 Å². The molecule has 5 atom stereocenters. The van der Waals surface area contributed by atoms with E-state index in [1.54, 1.807) is 7.11 Å². The van der Waals surface area contributed by atoms with Crippen molar-refractivity contribution in [3.63, 3.8) is 0 Å². The van der Waals surface area contributed by atoms with E-state index in [-0.39, 0.29) is 31.9 Å². The monoisotopic (exact) mass is 825 g/mol. The number of ether oxygens (including phenoxy) is 3. The molecule has 3 aromatic rings. The van der Waals surface area contributed by atoms with Crippen LogP contribution < -0.4 is 24.8 Å². The Morgan fingerprint density at radius 1 is 1.05 bits per heavy atom. The predicted molar refractivity (Wildman–Crippen MR) is 221 cm³/mol. The summed E-state index contributed by atoms with van der Waals surface area (Å²) in [5, 5.41) is 5.79. The second kappa shape index (κ2) is 16.7. The third-order valence-corrected chi connectivity index (χ3v) is 14.1. The molecule has 2 aliphatic heterocycles. The van der Waals surface area contributed by atoms with Gasteiger partial charge in [-0.3, -0.25) is 19.1 Å². The van der Waals surface area contributed by atoms with E-state index in [2.05, 4.69) is 21.9 Å². The predicted octanol–water partition coefficient (Wildman–Crippen LogP) is 5.41. The molecule has 0 radical (unpaired) electrons. The molecular weight excluding hydrogens is 775 g/mol. The molecule has 1 saturated heterocycles. The summed E-state index contributed by atoms with van der Waals surface area (Å²) in [4.78, 5) is 62.9. The van der Waals surface area contributed by atoms with E-state index < -0.39 is 68.7 Å². The molecule has 0 spiro atoms. The first-order valence-corrected chi connectivity index (χ1v) is 22.2. The molecule has 3 saturated carbocycles. The Morgan fingerprint density at radius 3 is 2.54 bits per heavy atom. The van der Waals surface area contributed by atoms with Crippen LogP contribution in [0.3, 0.4) is 0 Å². The van der Waals surface area contributed by atoms with E-state index in [9.17, 15) is 27.6 Å². The van der Waals surface area contributed by atoms with Crippen LogP contribution in [0.15, 0.2) is 67.3 Å². The highest BCUT2D eigenvalue weighted by Gasteiger charge is 2.62. The third-order valence-electron chi connectivity index (χ3n) is 12.3. The molecule has 59 heavy (non-hydrogen) atoms. The Morgan fingerprint density at radius 2 is 1.83 bits per heavy atom. The number of methoxy groups -OCH3 is 1. The minimum absolute atomic E-state index is 0.00951. The highest BCUT2D eigenvalue weighted by Crippen LogP contribution is 2.46. The second-order valence-electron chi connectivity index (χ2n) is 16.3. The largest absolute Gasteiger partial charge is 0.496 e. The number of hydrogen-bond donors (Lipinski definition) is 3. The molecule has 3 N–H and O–H groups in total. The summed E-state index contributed by atoms with van der Waals surface area (Å²) in [6.45, 7) is 3.94. The number of fused-ring (bicyclic) bond motifs is 3. The number of rotatable bonds is 9. The molecule has 2 aromatic carbocycles. The molecule has 0 unspecified atom stereocenters. The average molecular weight is 826 g/mol. The normalized spacial score (nSPS) is 27.0. The number of carbonyl (C=O) groups is 4. The molecule has 5 aliphatic rings. The number of alkyl carbamates (subject to hydrolysis) is 1. The van der Waals surface area contributed by atoms with Crippen molar-refractivity contribution in [2.24, 2.45) is 11.8 Å². The van der Waals surface area contributed by atoms with E-state index in [4.69, 9.17) is 19.2 Å². The molecule has 3 heterocycles. The van der Waals surface area contributed by atoms with Crippen molar-refractivity contribution >= 4 is 50.8 Å². The lowest BCUT2D eigenvalue weighted by molar-refractivity contribution is -0.142. The molecule has 312 valence electrons. The van der Waals surface area contributed by atoms with Crippen LogP contribution in [0.25, 0.3) is 28.2 Å².